The van der Waals surface area contributed by atoms with Crippen LogP contribution in [0.3, 0.4) is 0 Å². The number of nitrogens with one attached hydrogen (secondary N) is 2. The standard InChI is InChI=1S/C17H18N2O5/c1-2-23-24-16(20)15(18-12-8-4-3-5-9-12)13-10-6-7-11-14(13)19-17(21)22/h3-11,15,18-19H,2H2,1H3,(H,21,22). The number of carbonyl (C=O) groups excluding carboxylic acids is 1. The van der Waals surface area contributed by atoms with Gasteiger partial charge in [0.05, 0.1) is 6.61 Å². The summed E-state index contributed by atoms with van der Waals surface area (Å²) in [7, 11) is 0. The third kappa shape index (κ3) is 4.72. The van der Waals surface area contributed by atoms with Crippen LogP contribution in [0.5, 0.6) is 0 Å². The van der Waals surface area contributed by atoms with E-state index in [1.807, 2.05) is 18.2 Å². The molecule has 0 radical (unpaired) electrons. The van der Waals surface area contributed by atoms with Gasteiger partial charge in [0.2, 0.25) is 0 Å². The maximum Gasteiger partial charge on any atom is 0.409 e. The van der Waals surface area contributed by atoms with Crippen LogP contribution in [0.4, 0.5) is 16.2 Å². The summed E-state index contributed by atoms with van der Waals surface area (Å²) < 4.78 is 0. The van der Waals surface area contributed by atoms with Crippen LogP contribution < -0.4 is 10.6 Å². The molecule has 0 aliphatic rings. The Kier molecular flexibility index (Phi) is 6.16. The lowest BCUT2D eigenvalue weighted by Crippen LogP contribution is -2.25. The second kappa shape index (κ2) is 8.54. The highest BCUT2D eigenvalue weighted by atomic mass is 17.2. The van der Waals surface area contributed by atoms with Crippen molar-refractivity contribution in [3.05, 3.63) is 60.2 Å². The van der Waals surface area contributed by atoms with E-state index in [1.54, 1.807) is 43.3 Å². The molecule has 7 heteroatoms. The van der Waals surface area contributed by atoms with E-state index in [9.17, 15) is 9.59 Å². The molecule has 7 nitrogen and oxygen atoms in total. The van der Waals surface area contributed by atoms with Gasteiger partial charge in [-0.15, -0.1) is 0 Å². The van der Waals surface area contributed by atoms with Crippen LogP contribution in [0, 0.1) is 0 Å². The van der Waals surface area contributed by atoms with Crippen LogP contribution in [0.15, 0.2) is 54.6 Å². The van der Waals surface area contributed by atoms with Gasteiger partial charge in [-0.3, -0.25) is 10.2 Å². The summed E-state index contributed by atoms with van der Waals surface area (Å²) in [4.78, 5) is 32.8. The normalized spacial score (nSPS) is 11.4. The average Bonchev–Trinajstić information content (AvgIpc) is 2.59. The molecule has 24 heavy (non-hydrogen) atoms. The zero-order chi connectivity index (χ0) is 17.4. The summed E-state index contributed by atoms with van der Waals surface area (Å²) in [6.07, 6.45) is -1.22. The van der Waals surface area contributed by atoms with Crippen LogP contribution in [0.2, 0.25) is 0 Å². The number of hydrogen-bond acceptors (Lipinski definition) is 5. The molecule has 0 aliphatic heterocycles. The Bertz CT molecular complexity index is 690. The van der Waals surface area contributed by atoms with Gasteiger partial charge in [0, 0.05) is 16.9 Å². The molecule has 2 rings (SSSR count). The van der Waals surface area contributed by atoms with Gasteiger partial charge in [-0.1, -0.05) is 36.4 Å². The molecule has 1 atom stereocenters. The van der Waals surface area contributed by atoms with Gasteiger partial charge in [0.25, 0.3) is 0 Å². The number of para-hydroxylation sites is 2. The minimum Gasteiger partial charge on any atom is -0.465 e. The van der Waals surface area contributed by atoms with Crippen LogP contribution in [-0.4, -0.2) is 23.8 Å². The lowest BCUT2D eigenvalue weighted by molar-refractivity contribution is -0.270. The highest BCUT2D eigenvalue weighted by Gasteiger charge is 2.26. The van der Waals surface area contributed by atoms with Crippen molar-refractivity contribution >= 4 is 23.4 Å². The van der Waals surface area contributed by atoms with Gasteiger partial charge in [0.15, 0.2) is 6.04 Å². The minimum atomic E-state index is -1.22. The fraction of sp³-hybridized carbons (Fsp3) is 0.176. The molecule has 126 valence electrons. The number of carbonyl (C=O) groups is 2. The van der Waals surface area contributed by atoms with Crippen LogP contribution >= 0.6 is 0 Å². The lowest BCUT2D eigenvalue weighted by Gasteiger charge is -2.20. The topological polar surface area (TPSA) is 96.9 Å². The fourth-order valence-corrected chi connectivity index (χ4v) is 2.11. The molecule has 3 N–H and O–H groups in total. The zero-order valence-electron chi connectivity index (χ0n) is 13.1. The molecule has 1 unspecified atom stereocenters. The van der Waals surface area contributed by atoms with Gasteiger partial charge in [-0.25, -0.2) is 9.59 Å². The molecule has 0 bridgehead atoms. The van der Waals surface area contributed by atoms with E-state index in [1.165, 1.54) is 0 Å². The monoisotopic (exact) mass is 330 g/mol. The Morgan fingerprint density at radius 3 is 2.42 bits per heavy atom. The van der Waals surface area contributed by atoms with Crippen molar-refractivity contribution in [1.29, 1.82) is 0 Å². The zero-order valence-corrected chi connectivity index (χ0v) is 13.1. The third-order valence-corrected chi connectivity index (χ3v) is 3.09. The van der Waals surface area contributed by atoms with Crippen molar-refractivity contribution in [1.82, 2.24) is 0 Å². The maximum atomic E-state index is 12.4. The Morgan fingerprint density at radius 1 is 1.08 bits per heavy atom. The number of anilines is 2. The van der Waals surface area contributed by atoms with E-state index in [-0.39, 0.29) is 12.3 Å². The minimum absolute atomic E-state index is 0.207. The first kappa shape index (κ1) is 17.3. The highest BCUT2D eigenvalue weighted by Crippen LogP contribution is 2.27. The Labute approximate surface area is 139 Å². The number of carboxylic acid groups (broad SMARTS) is 1. The largest absolute Gasteiger partial charge is 0.465 e. The van der Waals surface area contributed by atoms with Crippen LogP contribution in [-0.2, 0) is 14.6 Å². The average molecular weight is 330 g/mol. The van der Waals surface area contributed by atoms with E-state index >= 15 is 0 Å². The Balaban J connectivity index is 2.34. The Morgan fingerprint density at radius 2 is 1.75 bits per heavy atom. The summed E-state index contributed by atoms with van der Waals surface area (Å²) in [6.45, 7) is 1.89. The predicted octanol–water partition coefficient (Wildman–Crippen LogP) is 3.42. The Hall–Kier alpha value is -3.06. The molecule has 0 spiro atoms. The first-order valence-corrected chi connectivity index (χ1v) is 7.35. The molecule has 2 aromatic rings. The van der Waals surface area contributed by atoms with E-state index in [0.29, 0.717) is 11.3 Å². The molecule has 1 amide bonds. The number of rotatable bonds is 7. The van der Waals surface area contributed by atoms with Crippen molar-refractivity contribution in [2.75, 3.05) is 17.2 Å². The molecule has 0 fully saturated rings. The number of hydrogen-bond donors (Lipinski definition) is 3. The first-order valence-electron chi connectivity index (χ1n) is 7.35. The molecule has 0 aliphatic carbocycles. The third-order valence-electron chi connectivity index (χ3n) is 3.09. The molecule has 2 aromatic carbocycles. The number of benzene rings is 2. The summed E-state index contributed by atoms with van der Waals surface area (Å²) in [5, 5.41) is 14.3. The van der Waals surface area contributed by atoms with Crippen molar-refractivity contribution in [2.24, 2.45) is 0 Å². The lowest BCUT2D eigenvalue weighted by atomic mass is 10.0. The number of amides is 1. The van der Waals surface area contributed by atoms with E-state index in [0.717, 1.165) is 0 Å². The van der Waals surface area contributed by atoms with Gasteiger partial charge >= 0.3 is 12.1 Å². The summed E-state index contributed by atoms with van der Waals surface area (Å²) in [5.41, 5.74) is 1.39. The molecule has 0 aromatic heterocycles. The van der Waals surface area contributed by atoms with Crippen molar-refractivity contribution in [3.8, 4) is 0 Å². The van der Waals surface area contributed by atoms with E-state index < -0.39 is 18.1 Å². The molecule has 0 saturated carbocycles. The predicted molar refractivity (Wildman–Crippen MR) is 88.6 cm³/mol. The van der Waals surface area contributed by atoms with Crippen molar-refractivity contribution < 1.29 is 24.5 Å². The van der Waals surface area contributed by atoms with Gasteiger partial charge in [-0.05, 0) is 25.1 Å². The summed E-state index contributed by atoms with van der Waals surface area (Å²) >= 11 is 0. The second-order valence-corrected chi connectivity index (χ2v) is 4.77. The smallest absolute Gasteiger partial charge is 0.409 e. The maximum absolute atomic E-state index is 12.4. The van der Waals surface area contributed by atoms with Gasteiger partial charge in [-0.2, -0.15) is 4.89 Å². The van der Waals surface area contributed by atoms with Crippen LogP contribution in [0.1, 0.15) is 18.5 Å². The van der Waals surface area contributed by atoms with Crippen molar-refractivity contribution in [2.45, 2.75) is 13.0 Å². The van der Waals surface area contributed by atoms with E-state index in [2.05, 4.69) is 10.6 Å². The van der Waals surface area contributed by atoms with Crippen LogP contribution in [0.25, 0.3) is 0 Å². The summed E-state index contributed by atoms with van der Waals surface area (Å²) in [5.74, 6) is -0.680. The molecular formula is C17H18N2O5. The molecule has 0 heterocycles. The molecular weight excluding hydrogens is 312 g/mol. The first-order chi connectivity index (χ1) is 11.6. The summed E-state index contributed by atoms with van der Waals surface area (Å²) in [6, 6.07) is 14.7. The highest BCUT2D eigenvalue weighted by molar-refractivity contribution is 5.88. The molecule has 0 saturated heterocycles. The SMILES string of the molecule is CCOOC(=O)C(Nc1ccccc1)c1ccccc1NC(=O)O. The second-order valence-electron chi connectivity index (χ2n) is 4.77. The van der Waals surface area contributed by atoms with E-state index in [4.69, 9.17) is 14.9 Å². The van der Waals surface area contributed by atoms with Crippen molar-refractivity contribution in [3.63, 3.8) is 0 Å². The fourth-order valence-electron chi connectivity index (χ4n) is 2.11. The quantitative estimate of drug-likeness (QED) is 0.531. The van der Waals surface area contributed by atoms with Gasteiger partial charge < -0.3 is 10.4 Å². The van der Waals surface area contributed by atoms with Gasteiger partial charge in [0.1, 0.15) is 0 Å².